The van der Waals surface area contributed by atoms with E-state index in [0.717, 1.165) is 5.56 Å². The van der Waals surface area contributed by atoms with E-state index in [1.54, 1.807) is 12.1 Å². The Morgan fingerprint density at radius 3 is 2.55 bits per heavy atom. The van der Waals surface area contributed by atoms with Crippen molar-refractivity contribution in [2.24, 2.45) is 0 Å². The molecule has 1 unspecified atom stereocenters. The molecule has 0 spiro atoms. The Bertz CT molecular complexity index is 756. The van der Waals surface area contributed by atoms with Crippen LogP contribution in [0.15, 0.2) is 60.7 Å². The molecule has 0 fully saturated rings. The quantitative estimate of drug-likeness (QED) is 0.674. The molecule has 1 aliphatic rings. The lowest BCUT2D eigenvalue weighted by atomic mass is 10.0. The van der Waals surface area contributed by atoms with E-state index in [4.69, 9.17) is 0 Å². The second kappa shape index (κ2) is 5.69. The highest BCUT2D eigenvalue weighted by molar-refractivity contribution is 5.88. The number of nitrogens with zero attached hydrogens (tertiary/aromatic N) is 1. The summed E-state index contributed by atoms with van der Waals surface area (Å²) in [6, 6.07) is 14.9. The smallest absolute Gasteiger partial charge is 0.319 e. The Morgan fingerprint density at radius 1 is 1.05 bits per heavy atom. The molecule has 1 heterocycles. The zero-order chi connectivity index (χ0) is 15.5. The summed E-state index contributed by atoms with van der Waals surface area (Å²) in [6.07, 6.45) is 1.84. The van der Waals surface area contributed by atoms with E-state index in [0.29, 0.717) is 11.3 Å². The summed E-state index contributed by atoms with van der Waals surface area (Å²) in [5.74, 6) is 0. The fraction of sp³-hybridized carbons (Fsp3) is 0.0625. The second-order valence-electron chi connectivity index (χ2n) is 4.87. The monoisotopic (exact) mass is 295 g/mol. The van der Waals surface area contributed by atoms with Gasteiger partial charge in [0.1, 0.15) is 0 Å². The molecule has 0 bridgehead atoms. The number of urea groups is 1. The highest BCUT2D eigenvalue weighted by atomic mass is 16.6. The molecule has 2 amide bonds. The van der Waals surface area contributed by atoms with Gasteiger partial charge in [0.2, 0.25) is 0 Å². The first kappa shape index (κ1) is 13.8. The number of benzene rings is 2. The Kier molecular flexibility index (Phi) is 3.57. The molecule has 1 atom stereocenters. The maximum atomic E-state index is 11.9. The molecular formula is C16H13N3O3. The van der Waals surface area contributed by atoms with Crippen LogP contribution in [0.2, 0.25) is 0 Å². The zero-order valence-corrected chi connectivity index (χ0v) is 11.5. The van der Waals surface area contributed by atoms with Gasteiger partial charge in [-0.05, 0) is 17.2 Å². The minimum Gasteiger partial charge on any atom is -0.327 e. The van der Waals surface area contributed by atoms with Gasteiger partial charge in [-0.15, -0.1) is 0 Å². The van der Waals surface area contributed by atoms with Gasteiger partial charge in [0.25, 0.3) is 5.69 Å². The Balaban J connectivity index is 1.98. The summed E-state index contributed by atoms with van der Waals surface area (Å²) < 4.78 is 0. The van der Waals surface area contributed by atoms with Gasteiger partial charge in [-0.3, -0.25) is 10.1 Å². The van der Waals surface area contributed by atoms with E-state index in [1.165, 1.54) is 12.1 Å². The van der Waals surface area contributed by atoms with Crippen molar-refractivity contribution in [1.29, 1.82) is 0 Å². The largest absolute Gasteiger partial charge is 0.327 e. The lowest BCUT2D eigenvalue weighted by Gasteiger charge is -2.24. The van der Waals surface area contributed by atoms with Gasteiger partial charge >= 0.3 is 6.03 Å². The summed E-state index contributed by atoms with van der Waals surface area (Å²) in [5.41, 5.74) is 2.23. The number of hydrogen-bond acceptors (Lipinski definition) is 3. The number of carbonyl (C=O) groups is 1. The molecule has 0 radical (unpaired) electrons. The lowest BCUT2D eigenvalue weighted by Crippen LogP contribution is -2.40. The summed E-state index contributed by atoms with van der Waals surface area (Å²) in [7, 11) is 0. The summed E-state index contributed by atoms with van der Waals surface area (Å²) in [5, 5.41) is 16.4. The number of rotatable bonds is 3. The van der Waals surface area contributed by atoms with Crippen LogP contribution in [-0.4, -0.2) is 11.0 Å². The first-order valence-corrected chi connectivity index (χ1v) is 6.72. The van der Waals surface area contributed by atoms with Crippen molar-refractivity contribution in [2.75, 3.05) is 0 Å². The van der Waals surface area contributed by atoms with Crippen LogP contribution in [-0.2, 0) is 0 Å². The van der Waals surface area contributed by atoms with Crippen LogP contribution in [0.25, 0.3) is 5.70 Å². The SMILES string of the molecule is O=C1NC(c2ccccc2)=CC(c2cccc([N+](=O)[O-])c2)N1. The first-order chi connectivity index (χ1) is 10.6. The van der Waals surface area contributed by atoms with Crippen molar-refractivity contribution >= 4 is 17.4 Å². The molecule has 2 aromatic rings. The fourth-order valence-electron chi connectivity index (χ4n) is 2.35. The molecule has 0 aliphatic carbocycles. The van der Waals surface area contributed by atoms with Crippen LogP contribution in [0, 0.1) is 10.1 Å². The molecule has 6 nitrogen and oxygen atoms in total. The van der Waals surface area contributed by atoms with Crippen LogP contribution in [0.4, 0.5) is 10.5 Å². The van der Waals surface area contributed by atoms with Gasteiger partial charge in [0.15, 0.2) is 0 Å². The molecule has 0 aromatic heterocycles. The Labute approximate surface area is 126 Å². The second-order valence-corrected chi connectivity index (χ2v) is 4.87. The van der Waals surface area contributed by atoms with Gasteiger partial charge in [-0.2, -0.15) is 0 Å². The topological polar surface area (TPSA) is 84.3 Å². The average molecular weight is 295 g/mol. The van der Waals surface area contributed by atoms with Crippen LogP contribution >= 0.6 is 0 Å². The molecule has 2 aromatic carbocycles. The number of non-ortho nitro benzene ring substituents is 1. The number of nitrogens with one attached hydrogen (secondary N) is 2. The van der Waals surface area contributed by atoms with E-state index in [2.05, 4.69) is 10.6 Å². The van der Waals surface area contributed by atoms with Crippen molar-refractivity contribution in [3.8, 4) is 0 Å². The predicted molar refractivity (Wildman–Crippen MR) is 81.9 cm³/mol. The van der Waals surface area contributed by atoms with Crippen molar-refractivity contribution in [3.05, 3.63) is 81.9 Å². The fourth-order valence-corrected chi connectivity index (χ4v) is 2.35. The van der Waals surface area contributed by atoms with E-state index in [9.17, 15) is 14.9 Å². The van der Waals surface area contributed by atoms with Crippen molar-refractivity contribution in [3.63, 3.8) is 0 Å². The minimum atomic E-state index is -0.450. The summed E-state index contributed by atoms with van der Waals surface area (Å²) in [4.78, 5) is 22.3. The highest BCUT2D eigenvalue weighted by Crippen LogP contribution is 2.25. The third-order valence-electron chi connectivity index (χ3n) is 3.39. The summed E-state index contributed by atoms with van der Waals surface area (Å²) >= 11 is 0. The van der Waals surface area contributed by atoms with Gasteiger partial charge < -0.3 is 10.6 Å². The molecule has 2 N–H and O–H groups in total. The predicted octanol–water partition coefficient (Wildman–Crippen LogP) is 2.99. The summed E-state index contributed by atoms with van der Waals surface area (Å²) in [6.45, 7) is 0. The average Bonchev–Trinajstić information content (AvgIpc) is 2.55. The van der Waals surface area contributed by atoms with Crippen molar-refractivity contribution < 1.29 is 9.72 Å². The normalized spacial score (nSPS) is 17.2. The van der Waals surface area contributed by atoms with Crippen LogP contribution < -0.4 is 10.6 Å². The van der Waals surface area contributed by atoms with E-state index < -0.39 is 11.0 Å². The van der Waals surface area contributed by atoms with Gasteiger partial charge in [-0.25, -0.2) is 4.79 Å². The van der Waals surface area contributed by atoms with Crippen LogP contribution in [0.5, 0.6) is 0 Å². The van der Waals surface area contributed by atoms with Crippen LogP contribution in [0.3, 0.4) is 0 Å². The molecule has 1 aliphatic heterocycles. The molecule has 22 heavy (non-hydrogen) atoms. The Morgan fingerprint density at radius 2 is 1.82 bits per heavy atom. The number of nitro benzene ring substituents is 1. The van der Waals surface area contributed by atoms with Gasteiger partial charge in [-0.1, -0.05) is 42.5 Å². The Hall–Kier alpha value is -3.15. The molecule has 6 heteroatoms. The molecule has 3 rings (SSSR count). The molecule has 0 saturated carbocycles. The van der Waals surface area contributed by atoms with Crippen molar-refractivity contribution in [1.82, 2.24) is 10.6 Å². The van der Waals surface area contributed by atoms with Gasteiger partial charge in [0.05, 0.1) is 11.0 Å². The van der Waals surface area contributed by atoms with E-state index in [1.807, 2.05) is 36.4 Å². The molecular weight excluding hydrogens is 282 g/mol. The molecule has 0 saturated heterocycles. The number of carbonyl (C=O) groups excluding carboxylic acids is 1. The maximum Gasteiger partial charge on any atom is 0.319 e. The number of amides is 2. The lowest BCUT2D eigenvalue weighted by molar-refractivity contribution is -0.384. The third kappa shape index (κ3) is 2.80. The first-order valence-electron chi connectivity index (χ1n) is 6.72. The third-order valence-corrected chi connectivity index (χ3v) is 3.39. The zero-order valence-electron chi connectivity index (χ0n) is 11.5. The van der Waals surface area contributed by atoms with Crippen LogP contribution in [0.1, 0.15) is 17.2 Å². The van der Waals surface area contributed by atoms with E-state index in [-0.39, 0.29) is 11.7 Å². The maximum absolute atomic E-state index is 11.9. The standard InChI is InChI=1S/C16H13N3O3/c20-16-17-14(11-5-2-1-3-6-11)10-15(18-16)12-7-4-8-13(9-12)19(21)22/h1-10,15H,(H2,17,18,20). The highest BCUT2D eigenvalue weighted by Gasteiger charge is 2.21. The number of hydrogen-bond donors (Lipinski definition) is 2. The minimum absolute atomic E-state index is 0.0000530. The van der Waals surface area contributed by atoms with Crippen molar-refractivity contribution in [2.45, 2.75) is 6.04 Å². The number of nitro groups is 1. The van der Waals surface area contributed by atoms with E-state index >= 15 is 0 Å². The van der Waals surface area contributed by atoms with Gasteiger partial charge in [0, 0.05) is 17.8 Å². The molecule has 110 valence electrons.